The van der Waals surface area contributed by atoms with Crippen LogP contribution in [0, 0.1) is 0 Å². The molecule has 0 fully saturated rings. The Hall–Kier alpha value is -0.970. The minimum atomic E-state index is -1.14. The molecule has 0 amide bonds. The summed E-state index contributed by atoms with van der Waals surface area (Å²) in [6.07, 6.45) is 43.1. The third-order valence-electron chi connectivity index (χ3n) is 8.12. The van der Waals surface area contributed by atoms with Crippen molar-refractivity contribution < 1.29 is 19.4 Å². The van der Waals surface area contributed by atoms with Crippen molar-refractivity contribution in [3.8, 4) is 0 Å². The molecule has 0 saturated carbocycles. The van der Waals surface area contributed by atoms with E-state index in [-0.39, 0.29) is 0 Å². The lowest BCUT2D eigenvalue weighted by Crippen LogP contribution is -2.03. The number of rotatable bonds is 33. The van der Waals surface area contributed by atoms with Gasteiger partial charge in [0.1, 0.15) is 0 Å². The lowest BCUT2D eigenvalue weighted by atomic mass is 10.0. The van der Waals surface area contributed by atoms with Gasteiger partial charge in [-0.05, 0) is 18.6 Å². The monoisotopic (exact) mass is 627 g/mol. The predicted octanol–water partition coefficient (Wildman–Crippen LogP) is 12.8. The van der Waals surface area contributed by atoms with Gasteiger partial charge in [0.15, 0.2) is 0 Å². The third-order valence-corrected chi connectivity index (χ3v) is 8.43. The Bertz CT molecular complexity index is 558. The van der Waals surface area contributed by atoms with Gasteiger partial charge in [0.2, 0.25) is 0 Å². The number of carboxylic acids is 1. The standard InChI is InChI=1S/C22H46S.C16H28O4/c1-2-3-4-5-6-7-8-9-10-11-12-13-14-15-16-17-18-19-20-21-22-23;1-2-3-4-5-6-7-8-9-10-11-14-20-16(19)13-12-15(17)18/h23H,2-22H2,1H3;12-13H,2-11,14H2,1H3,(H,17,18). The molecule has 0 aliphatic rings. The van der Waals surface area contributed by atoms with E-state index in [1.807, 2.05) is 0 Å². The Morgan fingerprint density at radius 1 is 0.465 bits per heavy atom. The summed E-state index contributed by atoms with van der Waals surface area (Å²) in [7, 11) is 0. The van der Waals surface area contributed by atoms with Crippen molar-refractivity contribution >= 4 is 24.6 Å². The second kappa shape index (κ2) is 41.0. The lowest BCUT2D eigenvalue weighted by Gasteiger charge is -2.04. The average molecular weight is 627 g/mol. The average Bonchev–Trinajstić information content (AvgIpc) is 3.00. The first kappa shape index (κ1) is 44.2. The Morgan fingerprint density at radius 2 is 0.744 bits per heavy atom. The highest BCUT2D eigenvalue weighted by Crippen LogP contribution is 2.15. The number of aliphatic carboxylic acids is 1. The van der Waals surface area contributed by atoms with Gasteiger partial charge in [-0.15, -0.1) is 0 Å². The van der Waals surface area contributed by atoms with Crippen LogP contribution in [0.3, 0.4) is 0 Å². The van der Waals surface area contributed by atoms with Crippen molar-refractivity contribution in [2.45, 2.75) is 206 Å². The first-order valence-corrected chi connectivity index (χ1v) is 19.4. The number of unbranched alkanes of at least 4 members (excludes halogenated alkanes) is 28. The largest absolute Gasteiger partial charge is 0.478 e. The minimum absolute atomic E-state index is 0.374. The summed E-state index contributed by atoms with van der Waals surface area (Å²) in [6, 6.07) is 0. The van der Waals surface area contributed by atoms with E-state index in [1.54, 1.807) is 0 Å². The van der Waals surface area contributed by atoms with E-state index < -0.39 is 11.9 Å². The summed E-state index contributed by atoms with van der Waals surface area (Å²) in [5, 5.41) is 8.33. The molecule has 0 saturated heterocycles. The van der Waals surface area contributed by atoms with Crippen molar-refractivity contribution in [1.82, 2.24) is 0 Å². The van der Waals surface area contributed by atoms with Crippen LogP contribution in [0.25, 0.3) is 0 Å². The third kappa shape index (κ3) is 45.6. The van der Waals surface area contributed by atoms with E-state index >= 15 is 0 Å². The summed E-state index contributed by atoms with van der Waals surface area (Å²) in [4.78, 5) is 21.2. The topological polar surface area (TPSA) is 63.6 Å². The van der Waals surface area contributed by atoms with E-state index in [9.17, 15) is 9.59 Å². The van der Waals surface area contributed by atoms with Gasteiger partial charge in [-0.3, -0.25) is 0 Å². The molecule has 43 heavy (non-hydrogen) atoms. The van der Waals surface area contributed by atoms with Gasteiger partial charge in [0.05, 0.1) is 6.61 Å². The van der Waals surface area contributed by atoms with Gasteiger partial charge in [0, 0.05) is 12.2 Å². The molecule has 0 heterocycles. The van der Waals surface area contributed by atoms with E-state index in [0.29, 0.717) is 6.61 Å². The van der Waals surface area contributed by atoms with Gasteiger partial charge in [0.25, 0.3) is 0 Å². The molecule has 0 aromatic rings. The second-order valence-corrected chi connectivity index (χ2v) is 12.9. The number of carbonyl (C=O) groups excluding carboxylic acids is 1. The summed E-state index contributed by atoms with van der Waals surface area (Å²) in [5.41, 5.74) is 0. The molecule has 0 aliphatic carbocycles. The van der Waals surface area contributed by atoms with Crippen LogP contribution in [-0.2, 0) is 14.3 Å². The first-order valence-electron chi connectivity index (χ1n) is 18.8. The number of hydrogen-bond donors (Lipinski definition) is 2. The summed E-state index contributed by atoms with van der Waals surface area (Å²) < 4.78 is 4.88. The summed E-state index contributed by atoms with van der Waals surface area (Å²) >= 11 is 4.26. The van der Waals surface area contributed by atoms with E-state index in [4.69, 9.17) is 9.84 Å². The second-order valence-electron chi connectivity index (χ2n) is 12.5. The molecule has 1 N–H and O–H groups in total. The fourth-order valence-electron chi connectivity index (χ4n) is 5.32. The zero-order valence-electron chi connectivity index (χ0n) is 28.9. The van der Waals surface area contributed by atoms with Crippen LogP contribution in [0.2, 0.25) is 0 Å². The van der Waals surface area contributed by atoms with Crippen LogP contribution in [0.4, 0.5) is 0 Å². The molecule has 0 radical (unpaired) electrons. The Labute approximate surface area is 274 Å². The number of ether oxygens (including phenoxy) is 1. The minimum Gasteiger partial charge on any atom is -0.478 e. The van der Waals surface area contributed by atoms with Gasteiger partial charge in [-0.1, -0.05) is 194 Å². The quantitative estimate of drug-likeness (QED) is 0.0329. The first-order chi connectivity index (χ1) is 21.1. The maximum atomic E-state index is 11.0. The molecule has 0 unspecified atom stereocenters. The molecule has 256 valence electrons. The normalized spacial score (nSPS) is 11.0. The molecule has 5 heteroatoms. The molecule has 0 aromatic carbocycles. The van der Waals surface area contributed by atoms with Crippen LogP contribution in [0.15, 0.2) is 12.2 Å². The van der Waals surface area contributed by atoms with Crippen molar-refractivity contribution in [2.75, 3.05) is 12.4 Å². The molecule has 0 atom stereocenters. The molecule has 0 bridgehead atoms. The summed E-state index contributed by atoms with van der Waals surface area (Å²) in [5.74, 6) is -0.650. The number of carbonyl (C=O) groups is 2. The molecular formula is C38H74O4S. The molecule has 0 rings (SSSR count). The predicted molar refractivity (Wildman–Crippen MR) is 191 cm³/mol. The van der Waals surface area contributed by atoms with E-state index in [2.05, 4.69) is 26.5 Å². The highest BCUT2D eigenvalue weighted by molar-refractivity contribution is 7.80. The van der Waals surface area contributed by atoms with Gasteiger partial charge in [-0.25, -0.2) is 9.59 Å². The van der Waals surface area contributed by atoms with Crippen LogP contribution >= 0.6 is 12.6 Å². The van der Waals surface area contributed by atoms with Gasteiger partial charge in [-0.2, -0.15) is 12.6 Å². The zero-order valence-corrected chi connectivity index (χ0v) is 29.8. The van der Waals surface area contributed by atoms with Crippen molar-refractivity contribution in [3.05, 3.63) is 12.2 Å². The zero-order chi connectivity index (χ0) is 31.9. The number of thiol groups is 1. The van der Waals surface area contributed by atoms with E-state index in [0.717, 1.165) is 30.7 Å². The van der Waals surface area contributed by atoms with Crippen LogP contribution in [-0.4, -0.2) is 29.4 Å². The summed E-state index contributed by atoms with van der Waals surface area (Å²) in [6.45, 7) is 4.90. The molecule has 0 spiro atoms. The number of esters is 1. The molecule has 0 aromatic heterocycles. The van der Waals surface area contributed by atoms with Crippen LogP contribution < -0.4 is 0 Å². The molecular weight excluding hydrogens is 552 g/mol. The number of carboxylic acid groups (broad SMARTS) is 1. The Kier molecular flexibility index (Phi) is 42.1. The van der Waals surface area contributed by atoms with Crippen LogP contribution in [0.1, 0.15) is 206 Å². The Morgan fingerprint density at radius 3 is 1.02 bits per heavy atom. The van der Waals surface area contributed by atoms with Gasteiger partial charge < -0.3 is 9.84 Å². The number of hydrogen-bond acceptors (Lipinski definition) is 4. The van der Waals surface area contributed by atoms with Gasteiger partial charge >= 0.3 is 11.9 Å². The fraction of sp³-hybridized carbons (Fsp3) is 0.895. The van der Waals surface area contributed by atoms with E-state index in [1.165, 1.54) is 180 Å². The lowest BCUT2D eigenvalue weighted by molar-refractivity contribution is -0.138. The SMILES string of the molecule is CCCCCCCCCCCCCCCCCCCCCCS.CCCCCCCCCCCCOC(=O)C=CC(=O)O. The smallest absolute Gasteiger partial charge is 0.331 e. The maximum absolute atomic E-state index is 11.0. The Balaban J connectivity index is 0. The maximum Gasteiger partial charge on any atom is 0.331 e. The van der Waals surface area contributed by atoms with Crippen molar-refractivity contribution in [1.29, 1.82) is 0 Å². The van der Waals surface area contributed by atoms with Crippen molar-refractivity contribution in [2.24, 2.45) is 0 Å². The van der Waals surface area contributed by atoms with Crippen LogP contribution in [0.5, 0.6) is 0 Å². The van der Waals surface area contributed by atoms with Crippen molar-refractivity contribution in [3.63, 3.8) is 0 Å². The molecule has 4 nitrogen and oxygen atoms in total. The highest BCUT2D eigenvalue weighted by atomic mass is 32.1. The highest BCUT2D eigenvalue weighted by Gasteiger charge is 1.99. The molecule has 0 aliphatic heterocycles. The fourth-order valence-corrected chi connectivity index (χ4v) is 5.54.